The predicted molar refractivity (Wildman–Crippen MR) is 33.0 cm³/mol. The van der Waals surface area contributed by atoms with Gasteiger partial charge in [-0.3, -0.25) is 0 Å². The minimum Gasteiger partial charge on any atom is -0.367 e. The molecule has 8 heavy (non-hydrogen) atoms. The first-order valence-electron chi connectivity index (χ1n) is 2.48. The van der Waals surface area contributed by atoms with Crippen LogP contribution in [0.5, 0.6) is 0 Å². The lowest BCUT2D eigenvalue weighted by Gasteiger charge is -2.01. The Balaban J connectivity index is 3.35. The summed E-state index contributed by atoms with van der Waals surface area (Å²) in [6, 6.07) is 0. The highest BCUT2D eigenvalue weighted by molar-refractivity contribution is 5.83. The van der Waals surface area contributed by atoms with Crippen molar-refractivity contribution in [3.05, 3.63) is 0 Å². The van der Waals surface area contributed by atoms with E-state index in [2.05, 4.69) is 0 Å². The molecule has 0 aromatic rings. The van der Waals surface area contributed by atoms with Gasteiger partial charge in [-0.15, -0.1) is 0 Å². The molecule has 3 heteroatoms. The second-order valence-electron chi connectivity index (χ2n) is 1.25. The van der Waals surface area contributed by atoms with E-state index in [0.29, 0.717) is 6.61 Å². The Bertz CT molecular complexity index is 74.5. The Labute approximate surface area is 48.7 Å². The van der Waals surface area contributed by atoms with E-state index in [1.165, 1.54) is 0 Å². The average Bonchev–Trinajstić information content (AvgIpc) is 1.83. The highest BCUT2D eigenvalue weighted by atomic mass is 16.5. The molecule has 0 bridgehead atoms. The molecular weight excluding hydrogens is 104 g/mol. The van der Waals surface area contributed by atoms with Gasteiger partial charge in [0, 0.05) is 19.0 Å². The summed E-state index contributed by atoms with van der Waals surface area (Å²) in [6.07, 6.45) is 1.77. The summed E-state index contributed by atoms with van der Waals surface area (Å²) in [7, 11) is 0. The smallest absolute Gasteiger partial charge is 0.126 e. The third-order valence-corrected chi connectivity index (χ3v) is 0.688. The summed E-state index contributed by atoms with van der Waals surface area (Å²) in [6.45, 7) is 2.38. The number of nitrogens with one attached hydrogen (secondary N) is 2. The first-order valence-corrected chi connectivity index (χ1v) is 2.48. The van der Waals surface area contributed by atoms with Crippen LogP contribution in [-0.4, -0.2) is 25.1 Å². The summed E-state index contributed by atoms with van der Waals surface area (Å²) in [5, 5.41) is 13.3. The maximum atomic E-state index is 6.66. The van der Waals surface area contributed by atoms with Gasteiger partial charge in [0.2, 0.25) is 0 Å². The maximum Gasteiger partial charge on any atom is 0.126 e. The van der Waals surface area contributed by atoms with Gasteiger partial charge in [-0.25, -0.2) is 0 Å². The van der Waals surface area contributed by atoms with Crippen molar-refractivity contribution >= 4 is 12.4 Å². The number of hydrogen-bond donors (Lipinski definition) is 2. The first-order chi connectivity index (χ1) is 3.85. The van der Waals surface area contributed by atoms with Crippen molar-refractivity contribution in [2.45, 2.75) is 13.0 Å². The summed E-state index contributed by atoms with van der Waals surface area (Å²) in [4.78, 5) is 0. The number of hydrogen-bond acceptors (Lipinski definition) is 3. The van der Waals surface area contributed by atoms with Crippen molar-refractivity contribution in [2.24, 2.45) is 0 Å². The normalized spacial score (nSPS) is 12.6. The highest BCUT2D eigenvalue weighted by Gasteiger charge is 1.94. The van der Waals surface area contributed by atoms with Crippen LogP contribution in [0.4, 0.5) is 0 Å². The van der Waals surface area contributed by atoms with Crippen molar-refractivity contribution < 1.29 is 4.74 Å². The van der Waals surface area contributed by atoms with Crippen molar-refractivity contribution in [1.29, 1.82) is 10.8 Å². The van der Waals surface area contributed by atoms with Gasteiger partial charge in [0.05, 0.1) is 0 Å². The summed E-state index contributed by atoms with van der Waals surface area (Å²) < 4.78 is 4.85. The van der Waals surface area contributed by atoms with Gasteiger partial charge in [-0.05, 0) is 6.92 Å². The molecule has 0 unspecified atom stereocenters. The quantitative estimate of drug-likeness (QED) is 0.519. The van der Waals surface area contributed by atoms with Crippen molar-refractivity contribution in [3.8, 4) is 0 Å². The molecular formula is C5H10N2O. The third kappa shape index (κ3) is 2.47. The Kier molecular flexibility index (Phi) is 4.07. The molecule has 0 rings (SSSR count). The zero-order chi connectivity index (χ0) is 6.41. The Morgan fingerprint density at radius 2 is 2.00 bits per heavy atom. The molecule has 0 aromatic carbocycles. The van der Waals surface area contributed by atoms with Crippen molar-refractivity contribution in [3.63, 3.8) is 0 Å². The largest absolute Gasteiger partial charge is 0.367 e. The summed E-state index contributed by atoms with van der Waals surface area (Å²) in [5.74, 6) is 0. The highest BCUT2D eigenvalue weighted by Crippen LogP contribution is 1.80. The predicted octanol–water partition coefficient (Wildman–Crippen LogP) is 0.691. The van der Waals surface area contributed by atoms with E-state index in [1.807, 2.05) is 6.92 Å². The van der Waals surface area contributed by atoms with Gasteiger partial charge in [0.1, 0.15) is 6.10 Å². The lowest BCUT2D eigenvalue weighted by atomic mass is 10.4. The van der Waals surface area contributed by atoms with E-state index in [0.717, 1.165) is 12.4 Å². The van der Waals surface area contributed by atoms with Gasteiger partial charge in [0.25, 0.3) is 0 Å². The monoisotopic (exact) mass is 114 g/mol. The van der Waals surface area contributed by atoms with Gasteiger partial charge in [0.15, 0.2) is 0 Å². The van der Waals surface area contributed by atoms with E-state index < -0.39 is 6.10 Å². The molecule has 0 aromatic heterocycles. The molecule has 46 valence electrons. The standard InChI is InChI=1S/C5H10N2O/c1-2-8-5(3-6)4-7/h3-7H,2H2,1H3. The maximum absolute atomic E-state index is 6.66. The molecule has 0 aliphatic carbocycles. The van der Waals surface area contributed by atoms with Crippen LogP contribution in [0.15, 0.2) is 0 Å². The van der Waals surface area contributed by atoms with E-state index in [9.17, 15) is 0 Å². The minimum atomic E-state index is -0.417. The fraction of sp³-hybridized carbons (Fsp3) is 0.600. The topological polar surface area (TPSA) is 56.9 Å². The molecule has 0 heterocycles. The van der Waals surface area contributed by atoms with Crippen LogP contribution in [0.1, 0.15) is 6.92 Å². The van der Waals surface area contributed by atoms with Crippen LogP contribution in [0, 0.1) is 10.8 Å². The zero-order valence-corrected chi connectivity index (χ0v) is 4.85. The Hall–Kier alpha value is -0.700. The molecule has 0 atom stereocenters. The Morgan fingerprint density at radius 3 is 2.12 bits per heavy atom. The van der Waals surface area contributed by atoms with Crippen LogP contribution >= 0.6 is 0 Å². The average molecular weight is 114 g/mol. The molecule has 0 amide bonds. The molecule has 0 spiro atoms. The van der Waals surface area contributed by atoms with E-state index in [1.54, 1.807) is 0 Å². The second kappa shape index (κ2) is 4.46. The van der Waals surface area contributed by atoms with E-state index in [4.69, 9.17) is 15.6 Å². The lowest BCUT2D eigenvalue weighted by Crippen LogP contribution is -2.14. The molecule has 3 nitrogen and oxygen atoms in total. The molecule has 2 N–H and O–H groups in total. The zero-order valence-electron chi connectivity index (χ0n) is 4.85. The summed E-state index contributed by atoms with van der Waals surface area (Å²) >= 11 is 0. The minimum absolute atomic E-state index is 0.417. The van der Waals surface area contributed by atoms with Crippen LogP contribution in [0.3, 0.4) is 0 Å². The molecule has 0 saturated carbocycles. The fourth-order valence-corrected chi connectivity index (χ4v) is 0.337. The van der Waals surface area contributed by atoms with Gasteiger partial charge in [-0.1, -0.05) is 0 Å². The van der Waals surface area contributed by atoms with E-state index in [-0.39, 0.29) is 0 Å². The fourth-order valence-electron chi connectivity index (χ4n) is 0.337. The summed E-state index contributed by atoms with van der Waals surface area (Å²) in [5.41, 5.74) is 0. The molecule has 0 aliphatic heterocycles. The SMILES string of the molecule is CCOC(C=N)C=N. The molecule has 0 saturated heterocycles. The Morgan fingerprint density at radius 1 is 1.50 bits per heavy atom. The van der Waals surface area contributed by atoms with Gasteiger partial charge in [-0.2, -0.15) is 0 Å². The van der Waals surface area contributed by atoms with Gasteiger partial charge < -0.3 is 15.6 Å². The molecule has 0 radical (unpaired) electrons. The third-order valence-electron chi connectivity index (χ3n) is 0.688. The van der Waals surface area contributed by atoms with Crippen LogP contribution in [0.2, 0.25) is 0 Å². The number of ether oxygens (including phenoxy) is 1. The first kappa shape index (κ1) is 7.30. The second-order valence-corrected chi connectivity index (χ2v) is 1.25. The molecule has 0 aliphatic rings. The van der Waals surface area contributed by atoms with Crippen molar-refractivity contribution in [1.82, 2.24) is 0 Å². The lowest BCUT2D eigenvalue weighted by molar-refractivity contribution is 0.156. The number of rotatable bonds is 4. The van der Waals surface area contributed by atoms with Crippen molar-refractivity contribution in [2.75, 3.05) is 6.61 Å². The van der Waals surface area contributed by atoms with E-state index >= 15 is 0 Å². The van der Waals surface area contributed by atoms with Gasteiger partial charge >= 0.3 is 0 Å². The van der Waals surface area contributed by atoms with Crippen LogP contribution in [0.25, 0.3) is 0 Å². The van der Waals surface area contributed by atoms with Crippen LogP contribution in [-0.2, 0) is 4.74 Å². The molecule has 0 fully saturated rings. The van der Waals surface area contributed by atoms with Crippen LogP contribution < -0.4 is 0 Å².